The Morgan fingerprint density at radius 3 is 2.70 bits per heavy atom. The van der Waals surface area contributed by atoms with Crippen LogP contribution in [0.1, 0.15) is 19.5 Å². The first-order chi connectivity index (χ1) is 12.4. The lowest BCUT2D eigenvalue weighted by Gasteiger charge is -2.34. The molecule has 10 heteroatoms. The average Bonchev–Trinajstić information content (AvgIpc) is 3.07. The lowest BCUT2D eigenvalue weighted by molar-refractivity contribution is -0.0201. The van der Waals surface area contributed by atoms with Gasteiger partial charge in [0.15, 0.2) is 11.1 Å². The molecule has 1 aromatic heterocycles. The quantitative estimate of drug-likeness (QED) is 0.272. The van der Waals surface area contributed by atoms with Crippen molar-refractivity contribution in [3.05, 3.63) is 11.1 Å². The second-order valence-corrected chi connectivity index (χ2v) is 7.79. The molecule has 0 aliphatic carbocycles. The molecule has 1 aliphatic heterocycles. The summed E-state index contributed by atoms with van der Waals surface area (Å²) in [5.74, 6) is 0.689. The predicted molar refractivity (Wildman–Crippen MR) is 123 cm³/mol. The number of aliphatic hydroxyl groups is 1. The van der Waals surface area contributed by atoms with Gasteiger partial charge in [0.05, 0.1) is 31.1 Å². The number of morpholine rings is 1. The number of rotatable bonds is 8. The maximum absolute atomic E-state index is 10.7. The molecule has 156 valence electrons. The van der Waals surface area contributed by atoms with E-state index >= 15 is 0 Å². The van der Waals surface area contributed by atoms with Crippen LogP contribution in [0.3, 0.4) is 0 Å². The van der Waals surface area contributed by atoms with E-state index in [1.54, 1.807) is 11.3 Å². The molecule has 1 atom stereocenters. The minimum atomic E-state index is -0.841. The fourth-order valence-corrected chi connectivity index (χ4v) is 3.40. The Kier molecular flexibility index (Phi) is 10.8. The standard InChI is InChI=1S/C17H32N6O2S.HI/c1-5-18-15(19-10-14-11-26-16(21-14)22(3)4)20-12-17(2,24)13-23-6-8-25-9-7-23;/h11,24H,5-10,12-13H2,1-4H3,(H2,18,19,20);1H. The molecule has 2 rings (SSSR count). The van der Waals surface area contributed by atoms with Gasteiger partial charge in [0, 0.05) is 52.2 Å². The molecule has 1 unspecified atom stereocenters. The van der Waals surface area contributed by atoms with Gasteiger partial charge in [-0.2, -0.15) is 0 Å². The monoisotopic (exact) mass is 512 g/mol. The fourth-order valence-electron chi connectivity index (χ4n) is 2.65. The van der Waals surface area contributed by atoms with E-state index in [0.29, 0.717) is 25.6 Å². The molecule has 2 heterocycles. The van der Waals surface area contributed by atoms with Crippen LogP contribution in [0.25, 0.3) is 0 Å². The van der Waals surface area contributed by atoms with Gasteiger partial charge in [-0.3, -0.25) is 4.90 Å². The number of aliphatic imine (C=N–C) groups is 1. The van der Waals surface area contributed by atoms with Crippen LogP contribution in [0.15, 0.2) is 10.4 Å². The Labute approximate surface area is 183 Å². The smallest absolute Gasteiger partial charge is 0.191 e. The molecule has 0 aromatic carbocycles. The maximum Gasteiger partial charge on any atom is 0.191 e. The minimum Gasteiger partial charge on any atom is -0.387 e. The molecule has 0 radical (unpaired) electrons. The predicted octanol–water partition coefficient (Wildman–Crippen LogP) is 0.965. The summed E-state index contributed by atoms with van der Waals surface area (Å²) in [5, 5.41) is 20.2. The van der Waals surface area contributed by atoms with Gasteiger partial charge in [-0.1, -0.05) is 0 Å². The highest BCUT2D eigenvalue weighted by Crippen LogP contribution is 2.18. The molecule has 0 spiro atoms. The number of halogens is 1. The lowest BCUT2D eigenvalue weighted by Crippen LogP contribution is -2.52. The average molecular weight is 512 g/mol. The van der Waals surface area contributed by atoms with E-state index in [9.17, 15) is 5.11 Å². The summed E-state index contributed by atoms with van der Waals surface area (Å²) in [5.41, 5.74) is 0.0997. The summed E-state index contributed by atoms with van der Waals surface area (Å²) in [7, 11) is 3.96. The van der Waals surface area contributed by atoms with Gasteiger partial charge in [-0.05, 0) is 13.8 Å². The molecule has 1 aliphatic rings. The maximum atomic E-state index is 10.7. The molecule has 1 fully saturated rings. The van der Waals surface area contributed by atoms with Crippen LogP contribution in [0.5, 0.6) is 0 Å². The highest BCUT2D eigenvalue weighted by Gasteiger charge is 2.25. The molecule has 1 aromatic rings. The van der Waals surface area contributed by atoms with Gasteiger partial charge in [0.25, 0.3) is 0 Å². The van der Waals surface area contributed by atoms with Gasteiger partial charge >= 0.3 is 0 Å². The Morgan fingerprint density at radius 2 is 2.11 bits per heavy atom. The Morgan fingerprint density at radius 1 is 1.41 bits per heavy atom. The highest BCUT2D eigenvalue weighted by atomic mass is 127. The molecule has 0 saturated carbocycles. The summed E-state index contributed by atoms with van der Waals surface area (Å²) in [6.45, 7) is 9.37. The van der Waals surface area contributed by atoms with Crippen molar-refractivity contribution in [3.8, 4) is 0 Å². The zero-order valence-corrected chi connectivity index (χ0v) is 19.8. The van der Waals surface area contributed by atoms with E-state index in [1.807, 2.05) is 38.2 Å². The number of β-amino-alcohol motifs (C(OH)–C–C–N with tert-alkyl or cyclic N) is 1. The van der Waals surface area contributed by atoms with Gasteiger partial charge in [0.1, 0.15) is 0 Å². The number of anilines is 1. The zero-order valence-electron chi connectivity index (χ0n) is 16.7. The Bertz CT molecular complexity index is 576. The van der Waals surface area contributed by atoms with Crippen molar-refractivity contribution in [2.75, 3.05) is 64.9 Å². The normalized spacial score (nSPS) is 17.7. The van der Waals surface area contributed by atoms with Crippen LogP contribution in [-0.4, -0.2) is 86.6 Å². The van der Waals surface area contributed by atoms with E-state index in [-0.39, 0.29) is 24.0 Å². The molecule has 0 amide bonds. The van der Waals surface area contributed by atoms with E-state index < -0.39 is 5.60 Å². The van der Waals surface area contributed by atoms with Crippen LogP contribution in [0, 0.1) is 0 Å². The summed E-state index contributed by atoms with van der Waals surface area (Å²) >= 11 is 1.61. The van der Waals surface area contributed by atoms with E-state index in [0.717, 1.165) is 43.7 Å². The molecular weight excluding hydrogens is 479 g/mol. The topological polar surface area (TPSA) is 85.2 Å². The van der Waals surface area contributed by atoms with Crippen molar-refractivity contribution in [2.24, 2.45) is 4.99 Å². The fraction of sp³-hybridized carbons (Fsp3) is 0.765. The SMILES string of the molecule is CCNC(=NCc1csc(N(C)C)n1)NCC(C)(O)CN1CCOCC1.I. The molecule has 0 bridgehead atoms. The number of aromatic nitrogens is 1. The summed E-state index contributed by atoms with van der Waals surface area (Å²) in [6, 6.07) is 0. The first-order valence-electron chi connectivity index (χ1n) is 9.06. The molecule has 27 heavy (non-hydrogen) atoms. The van der Waals surface area contributed by atoms with Gasteiger partial charge in [-0.15, -0.1) is 35.3 Å². The van der Waals surface area contributed by atoms with Gasteiger partial charge in [-0.25, -0.2) is 9.98 Å². The molecule has 3 N–H and O–H groups in total. The third-order valence-corrected chi connectivity index (χ3v) is 5.03. The van der Waals surface area contributed by atoms with E-state index in [1.165, 1.54) is 0 Å². The third-order valence-electron chi connectivity index (χ3n) is 3.97. The van der Waals surface area contributed by atoms with Gasteiger partial charge < -0.3 is 25.4 Å². The van der Waals surface area contributed by atoms with Gasteiger partial charge in [0.2, 0.25) is 0 Å². The summed E-state index contributed by atoms with van der Waals surface area (Å²) in [6.07, 6.45) is 0. The van der Waals surface area contributed by atoms with Crippen LogP contribution >= 0.6 is 35.3 Å². The molecular formula is C17H33IN6O2S. The van der Waals surface area contributed by atoms with Crippen molar-refractivity contribution in [3.63, 3.8) is 0 Å². The second-order valence-electron chi connectivity index (χ2n) is 6.95. The lowest BCUT2D eigenvalue weighted by atomic mass is 10.1. The number of guanidine groups is 1. The highest BCUT2D eigenvalue weighted by molar-refractivity contribution is 14.0. The largest absolute Gasteiger partial charge is 0.387 e. The number of nitrogens with one attached hydrogen (secondary N) is 2. The summed E-state index contributed by atoms with van der Waals surface area (Å²) < 4.78 is 5.36. The number of hydrogen-bond acceptors (Lipinski definition) is 7. The second kappa shape index (κ2) is 12.0. The Balaban J connectivity index is 0.00000364. The first-order valence-corrected chi connectivity index (χ1v) is 9.94. The van der Waals surface area contributed by atoms with Crippen molar-refractivity contribution in [1.82, 2.24) is 20.5 Å². The first kappa shape index (κ1) is 24.3. The van der Waals surface area contributed by atoms with Crippen molar-refractivity contribution >= 4 is 46.4 Å². The number of ether oxygens (including phenoxy) is 1. The van der Waals surface area contributed by atoms with Crippen molar-refractivity contribution in [1.29, 1.82) is 0 Å². The van der Waals surface area contributed by atoms with E-state index in [4.69, 9.17) is 4.74 Å². The Hall–Kier alpha value is -0.690. The van der Waals surface area contributed by atoms with Crippen molar-refractivity contribution in [2.45, 2.75) is 26.0 Å². The van der Waals surface area contributed by atoms with Crippen LogP contribution in [0.2, 0.25) is 0 Å². The number of nitrogens with zero attached hydrogens (tertiary/aromatic N) is 4. The van der Waals surface area contributed by atoms with Crippen LogP contribution in [0.4, 0.5) is 5.13 Å². The number of hydrogen-bond donors (Lipinski definition) is 3. The number of thiazole rings is 1. The van der Waals surface area contributed by atoms with Crippen LogP contribution < -0.4 is 15.5 Å². The van der Waals surface area contributed by atoms with E-state index in [2.05, 4.69) is 25.5 Å². The molecule has 1 saturated heterocycles. The summed E-state index contributed by atoms with van der Waals surface area (Å²) in [4.78, 5) is 13.3. The van der Waals surface area contributed by atoms with Crippen molar-refractivity contribution < 1.29 is 9.84 Å². The molecule has 8 nitrogen and oxygen atoms in total. The third kappa shape index (κ3) is 8.90. The van der Waals surface area contributed by atoms with Crippen LogP contribution in [-0.2, 0) is 11.3 Å². The zero-order chi connectivity index (χ0) is 19.0. The minimum absolute atomic E-state index is 0.